The SMILES string of the molecule is COc1ccc(-c2c(C)c(C(=O)NCCCC3C4CC5CC(C4)CC3C5)nn2-c2ccc(Cl)cc2Cl)cc1. The molecule has 7 rings (SSSR count). The second-order valence-corrected chi connectivity index (χ2v) is 12.4. The quantitative estimate of drug-likeness (QED) is 0.291. The number of ether oxygens (including phenoxy) is 1. The van der Waals surface area contributed by atoms with Crippen molar-refractivity contribution in [3.8, 4) is 22.7 Å². The average molecular weight is 553 g/mol. The fraction of sp³-hybridized carbons (Fsp3) is 0.484. The highest BCUT2D eigenvalue weighted by molar-refractivity contribution is 6.35. The highest BCUT2D eigenvalue weighted by atomic mass is 35.5. The summed E-state index contributed by atoms with van der Waals surface area (Å²) in [6.07, 6.45) is 9.52. The summed E-state index contributed by atoms with van der Waals surface area (Å²) >= 11 is 12.7. The van der Waals surface area contributed by atoms with E-state index >= 15 is 0 Å². The van der Waals surface area contributed by atoms with Crippen LogP contribution in [0, 0.1) is 36.5 Å². The van der Waals surface area contributed by atoms with Gasteiger partial charge in [0.1, 0.15) is 5.75 Å². The Bertz CT molecular complexity index is 1310. The summed E-state index contributed by atoms with van der Waals surface area (Å²) in [6.45, 7) is 2.61. The fourth-order valence-electron chi connectivity index (χ4n) is 7.76. The zero-order chi connectivity index (χ0) is 26.4. The van der Waals surface area contributed by atoms with Gasteiger partial charge in [0.15, 0.2) is 5.69 Å². The van der Waals surface area contributed by atoms with Gasteiger partial charge in [-0.15, -0.1) is 0 Å². The minimum atomic E-state index is -0.147. The number of carbonyl (C=O) groups excluding carboxylic acids is 1. The molecule has 0 atom stereocenters. The van der Waals surface area contributed by atoms with Crippen LogP contribution in [0.4, 0.5) is 0 Å². The molecular weight excluding hydrogens is 517 g/mol. The van der Waals surface area contributed by atoms with E-state index in [1.165, 1.54) is 38.5 Å². The molecule has 38 heavy (non-hydrogen) atoms. The molecule has 4 aliphatic carbocycles. The number of nitrogens with one attached hydrogen (secondary N) is 1. The Hall–Kier alpha value is -2.50. The monoisotopic (exact) mass is 551 g/mol. The molecule has 4 bridgehead atoms. The third kappa shape index (κ3) is 4.84. The van der Waals surface area contributed by atoms with Crippen molar-refractivity contribution in [2.75, 3.05) is 13.7 Å². The first-order valence-corrected chi connectivity index (χ1v) is 14.6. The molecule has 3 aromatic rings. The first-order chi connectivity index (χ1) is 18.4. The second kappa shape index (κ2) is 10.6. The van der Waals surface area contributed by atoms with E-state index in [9.17, 15) is 4.79 Å². The normalized spacial score (nSPS) is 25.5. The van der Waals surface area contributed by atoms with E-state index in [1.54, 1.807) is 23.9 Å². The number of carbonyl (C=O) groups is 1. The lowest BCUT2D eigenvalue weighted by Gasteiger charge is -2.54. The van der Waals surface area contributed by atoms with Crippen molar-refractivity contribution in [3.05, 3.63) is 63.8 Å². The van der Waals surface area contributed by atoms with Crippen LogP contribution in [0.15, 0.2) is 42.5 Å². The van der Waals surface area contributed by atoms with Crippen LogP contribution in [-0.2, 0) is 0 Å². The molecule has 1 heterocycles. The molecule has 7 heteroatoms. The van der Waals surface area contributed by atoms with Crippen LogP contribution in [0.5, 0.6) is 5.75 Å². The van der Waals surface area contributed by atoms with Gasteiger partial charge in [-0.2, -0.15) is 5.10 Å². The maximum atomic E-state index is 13.4. The van der Waals surface area contributed by atoms with E-state index in [4.69, 9.17) is 33.0 Å². The number of hydrogen-bond donors (Lipinski definition) is 1. The molecule has 1 amide bonds. The smallest absolute Gasteiger partial charge is 0.272 e. The third-order valence-electron chi connectivity index (χ3n) is 9.26. The summed E-state index contributed by atoms with van der Waals surface area (Å²) in [6, 6.07) is 13.0. The minimum Gasteiger partial charge on any atom is -0.497 e. The molecular formula is C31H35Cl2N3O2. The Kier molecular flexibility index (Phi) is 7.17. The number of rotatable bonds is 8. The van der Waals surface area contributed by atoms with Crippen molar-refractivity contribution >= 4 is 29.1 Å². The van der Waals surface area contributed by atoms with Gasteiger partial charge in [-0.25, -0.2) is 4.68 Å². The summed E-state index contributed by atoms with van der Waals surface area (Å²) in [5.74, 6) is 5.33. The fourth-order valence-corrected chi connectivity index (χ4v) is 8.25. The van der Waals surface area contributed by atoms with E-state index in [2.05, 4.69) is 5.32 Å². The molecule has 0 radical (unpaired) electrons. The van der Waals surface area contributed by atoms with Gasteiger partial charge in [0.2, 0.25) is 0 Å². The molecule has 4 saturated carbocycles. The topological polar surface area (TPSA) is 56.1 Å². The zero-order valence-corrected chi connectivity index (χ0v) is 23.6. The number of benzene rings is 2. The maximum Gasteiger partial charge on any atom is 0.272 e. The van der Waals surface area contributed by atoms with E-state index in [-0.39, 0.29) is 5.91 Å². The summed E-state index contributed by atoms with van der Waals surface area (Å²) in [5, 5.41) is 8.94. The molecule has 0 saturated heterocycles. The highest BCUT2D eigenvalue weighted by Crippen LogP contribution is 2.57. The molecule has 1 N–H and O–H groups in total. The van der Waals surface area contributed by atoms with Gasteiger partial charge in [-0.1, -0.05) is 23.2 Å². The first-order valence-electron chi connectivity index (χ1n) is 13.9. The number of methoxy groups -OCH3 is 1. The lowest BCUT2D eigenvalue weighted by Crippen LogP contribution is -2.45. The Morgan fingerprint density at radius 1 is 1.03 bits per heavy atom. The summed E-state index contributed by atoms with van der Waals surface area (Å²) in [4.78, 5) is 13.4. The third-order valence-corrected chi connectivity index (χ3v) is 9.80. The van der Waals surface area contributed by atoms with Crippen LogP contribution in [0.3, 0.4) is 0 Å². The molecule has 0 unspecified atom stereocenters. The van der Waals surface area contributed by atoms with Crippen molar-refractivity contribution in [1.82, 2.24) is 15.1 Å². The Morgan fingerprint density at radius 3 is 2.34 bits per heavy atom. The van der Waals surface area contributed by atoms with Gasteiger partial charge >= 0.3 is 0 Å². The van der Waals surface area contributed by atoms with Crippen LogP contribution < -0.4 is 10.1 Å². The van der Waals surface area contributed by atoms with E-state index in [0.29, 0.717) is 28.0 Å². The largest absolute Gasteiger partial charge is 0.497 e. The van der Waals surface area contributed by atoms with Gasteiger partial charge in [0.05, 0.1) is 23.5 Å². The van der Waals surface area contributed by atoms with Gasteiger partial charge in [0, 0.05) is 22.7 Å². The summed E-state index contributed by atoms with van der Waals surface area (Å²) in [7, 11) is 1.64. The lowest BCUT2D eigenvalue weighted by molar-refractivity contribution is -0.0401. The molecule has 0 aliphatic heterocycles. The summed E-state index contributed by atoms with van der Waals surface area (Å²) in [5.41, 5.74) is 3.63. The van der Waals surface area contributed by atoms with Crippen LogP contribution in [0.2, 0.25) is 10.0 Å². The van der Waals surface area contributed by atoms with Gasteiger partial charge in [-0.05, 0) is 124 Å². The average Bonchev–Trinajstić information content (AvgIpc) is 3.24. The molecule has 4 fully saturated rings. The van der Waals surface area contributed by atoms with Crippen molar-refractivity contribution < 1.29 is 9.53 Å². The van der Waals surface area contributed by atoms with Gasteiger partial charge < -0.3 is 10.1 Å². The van der Waals surface area contributed by atoms with Crippen molar-refractivity contribution in [2.24, 2.45) is 29.6 Å². The van der Waals surface area contributed by atoms with Crippen LogP contribution >= 0.6 is 23.2 Å². The Morgan fingerprint density at radius 2 is 1.71 bits per heavy atom. The van der Waals surface area contributed by atoms with Crippen molar-refractivity contribution in [2.45, 2.75) is 51.9 Å². The first kappa shape index (κ1) is 25.8. The highest BCUT2D eigenvalue weighted by Gasteiger charge is 2.47. The zero-order valence-electron chi connectivity index (χ0n) is 22.1. The number of halogens is 2. The molecule has 0 spiro atoms. The van der Waals surface area contributed by atoms with E-state index in [0.717, 1.165) is 58.6 Å². The molecule has 2 aromatic carbocycles. The van der Waals surface area contributed by atoms with Crippen LogP contribution in [0.25, 0.3) is 16.9 Å². The number of amides is 1. The number of aromatic nitrogens is 2. The van der Waals surface area contributed by atoms with E-state index in [1.807, 2.05) is 37.3 Å². The standard InChI is InChI=1S/C31H35Cl2N3O2/c1-18-29(31(37)34-11-3-4-26-22-13-19-12-20(15-22)16-23(26)14-19)35-36(28-10-7-24(32)17-27(28)33)30(18)21-5-8-25(38-2)9-6-21/h5-10,17,19-20,22-23,26H,3-4,11-16H2,1-2H3,(H,34,37). The number of hydrogen-bond acceptors (Lipinski definition) is 3. The van der Waals surface area contributed by atoms with Gasteiger partial charge in [0.25, 0.3) is 5.91 Å². The molecule has 1 aromatic heterocycles. The predicted molar refractivity (Wildman–Crippen MR) is 152 cm³/mol. The predicted octanol–water partition coefficient (Wildman–Crippen LogP) is 7.75. The Labute approximate surface area is 234 Å². The van der Waals surface area contributed by atoms with Crippen LogP contribution in [0.1, 0.15) is 61.0 Å². The second-order valence-electron chi connectivity index (χ2n) is 11.6. The lowest BCUT2D eigenvalue weighted by atomic mass is 9.51. The molecule has 4 aliphatic rings. The van der Waals surface area contributed by atoms with Crippen molar-refractivity contribution in [3.63, 3.8) is 0 Å². The summed E-state index contributed by atoms with van der Waals surface area (Å²) < 4.78 is 7.08. The number of nitrogens with zero attached hydrogens (tertiary/aromatic N) is 2. The van der Waals surface area contributed by atoms with Crippen LogP contribution in [-0.4, -0.2) is 29.3 Å². The maximum absolute atomic E-state index is 13.4. The Balaban J connectivity index is 1.20. The molecule has 200 valence electrons. The molecule has 5 nitrogen and oxygen atoms in total. The van der Waals surface area contributed by atoms with E-state index < -0.39 is 0 Å². The van der Waals surface area contributed by atoms with Gasteiger partial charge in [-0.3, -0.25) is 4.79 Å². The van der Waals surface area contributed by atoms with Crippen molar-refractivity contribution in [1.29, 1.82) is 0 Å². The minimum absolute atomic E-state index is 0.147.